The molecule has 2 amide bonds. The highest BCUT2D eigenvalue weighted by atomic mass is 19.1. The topological polar surface area (TPSA) is 58.6 Å². The predicted molar refractivity (Wildman–Crippen MR) is 90.4 cm³/mol. The normalized spacial score (nSPS) is 16.1. The molecule has 0 saturated carbocycles. The lowest BCUT2D eigenvalue weighted by Gasteiger charge is -2.35. The van der Waals surface area contributed by atoms with Gasteiger partial charge >= 0.3 is 0 Å². The van der Waals surface area contributed by atoms with Gasteiger partial charge in [-0.2, -0.15) is 0 Å². The molecule has 0 fully saturated rings. The van der Waals surface area contributed by atoms with E-state index in [9.17, 15) is 14.0 Å². The molecule has 0 aliphatic carbocycles. The third-order valence-corrected chi connectivity index (χ3v) is 4.28. The molecule has 0 bridgehead atoms. The smallest absolute Gasteiger partial charge is 0.261 e. The van der Waals surface area contributed by atoms with E-state index in [4.69, 9.17) is 4.74 Å². The zero-order valence-corrected chi connectivity index (χ0v) is 13.9. The highest BCUT2D eigenvalue weighted by Crippen LogP contribution is 2.24. The lowest BCUT2D eigenvalue weighted by atomic mass is 9.93. The maximum Gasteiger partial charge on any atom is 0.261 e. The number of amides is 2. The highest BCUT2D eigenvalue weighted by molar-refractivity contribution is 5.88. The summed E-state index contributed by atoms with van der Waals surface area (Å²) in [6, 6.07) is 12.8. The first-order valence-corrected chi connectivity index (χ1v) is 8.04. The second-order valence-corrected chi connectivity index (χ2v) is 5.87. The summed E-state index contributed by atoms with van der Waals surface area (Å²) in [6.45, 7) is 0.0960. The molecule has 1 aliphatic heterocycles. The fraction of sp³-hybridized carbons (Fsp3) is 0.263. The summed E-state index contributed by atoms with van der Waals surface area (Å²) >= 11 is 0. The van der Waals surface area contributed by atoms with Gasteiger partial charge in [0.2, 0.25) is 5.91 Å². The standard InChI is InChI=1S/C19H19FN2O3/c1-21-19(24)17-9-13-5-2-3-6-14(13)11-22(17)18(23)12-25-16-8-4-7-15(20)10-16/h2-8,10,17H,9,11-12H2,1H3,(H,21,24)/t17-/m0/s1. The van der Waals surface area contributed by atoms with Gasteiger partial charge < -0.3 is 15.0 Å². The quantitative estimate of drug-likeness (QED) is 0.923. The van der Waals surface area contributed by atoms with Gasteiger partial charge in [0.15, 0.2) is 6.61 Å². The molecule has 0 spiro atoms. The zero-order chi connectivity index (χ0) is 17.8. The number of nitrogens with zero attached hydrogens (tertiary/aromatic N) is 1. The van der Waals surface area contributed by atoms with Crippen LogP contribution in [0.3, 0.4) is 0 Å². The Bertz CT molecular complexity index is 794. The molecular formula is C19H19FN2O3. The van der Waals surface area contributed by atoms with Gasteiger partial charge in [0.05, 0.1) is 0 Å². The Hall–Kier alpha value is -2.89. The minimum atomic E-state index is -0.580. The van der Waals surface area contributed by atoms with E-state index >= 15 is 0 Å². The van der Waals surface area contributed by atoms with Gasteiger partial charge in [0, 0.05) is 26.1 Å². The van der Waals surface area contributed by atoms with Gasteiger partial charge in [-0.05, 0) is 23.3 Å². The Morgan fingerprint density at radius 1 is 1.20 bits per heavy atom. The van der Waals surface area contributed by atoms with Crippen molar-refractivity contribution in [3.63, 3.8) is 0 Å². The number of carbonyl (C=O) groups excluding carboxylic acids is 2. The number of halogens is 1. The number of rotatable bonds is 4. The second kappa shape index (κ2) is 7.34. The van der Waals surface area contributed by atoms with E-state index < -0.39 is 11.9 Å². The lowest BCUT2D eigenvalue weighted by molar-refractivity contribution is -0.143. The first-order valence-electron chi connectivity index (χ1n) is 8.04. The van der Waals surface area contributed by atoms with Crippen LogP contribution in [0.15, 0.2) is 48.5 Å². The Balaban J connectivity index is 1.75. The fourth-order valence-corrected chi connectivity index (χ4v) is 2.97. The molecule has 1 N–H and O–H groups in total. The number of fused-ring (bicyclic) bond motifs is 1. The first kappa shape index (κ1) is 17.0. The molecule has 1 heterocycles. The maximum atomic E-state index is 13.2. The summed E-state index contributed by atoms with van der Waals surface area (Å²) in [4.78, 5) is 26.4. The van der Waals surface area contributed by atoms with Gasteiger partial charge in [0.25, 0.3) is 5.91 Å². The Kier molecular flexibility index (Phi) is 4.97. The van der Waals surface area contributed by atoms with Crippen molar-refractivity contribution < 1.29 is 18.7 Å². The van der Waals surface area contributed by atoms with Crippen LogP contribution in [0, 0.1) is 5.82 Å². The van der Waals surface area contributed by atoms with E-state index in [0.717, 1.165) is 11.1 Å². The molecule has 3 rings (SSSR count). The van der Waals surface area contributed by atoms with Crippen LogP contribution < -0.4 is 10.1 Å². The molecule has 5 nitrogen and oxygen atoms in total. The van der Waals surface area contributed by atoms with Crippen molar-refractivity contribution in [2.75, 3.05) is 13.7 Å². The molecule has 0 unspecified atom stereocenters. The van der Waals surface area contributed by atoms with Crippen molar-refractivity contribution in [3.8, 4) is 5.75 Å². The molecule has 130 valence electrons. The number of hydrogen-bond donors (Lipinski definition) is 1. The summed E-state index contributed by atoms with van der Waals surface area (Å²) in [5.41, 5.74) is 2.08. The van der Waals surface area contributed by atoms with E-state index in [-0.39, 0.29) is 24.2 Å². The largest absolute Gasteiger partial charge is 0.484 e. The number of likely N-dealkylation sites (N-methyl/N-ethyl adjacent to an activating group) is 1. The van der Waals surface area contributed by atoms with Crippen LogP contribution in [-0.4, -0.2) is 36.4 Å². The first-order chi connectivity index (χ1) is 12.1. The second-order valence-electron chi connectivity index (χ2n) is 5.87. The fourth-order valence-electron chi connectivity index (χ4n) is 2.97. The zero-order valence-electron chi connectivity index (χ0n) is 13.9. The van der Waals surface area contributed by atoms with Gasteiger partial charge in [-0.25, -0.2) is 4.39 Å². The van der Waals surface area contributed by atoms with Crippen LogP contribution in [0.4, 0.5) is 4.39 Å². The van der Waals surface area contributed by atoms with E-state index in [1.807, 2.05) is 24.3 Å². The van der Waals surface area contributed by atoms with Crippen LogP contribution in [-0.2, 0) is 22.6 Å². The molecule has 0 saturated heterocycles. The van der Waals surface area contributed by atoms with Crippen LogP contribution in [0.5, 0.6) is 5.75 Å². The minimum absolute atomic E-state index is 0.214. The van der Waals surface area contributed by atoms with Crippen molar-refractivity contribution in [1.82, 2.24) is 10.2 Å². The van der Waals surface area contributed by atoms with E-state index in [0.29, 0.717) is 13.0 Å². The van der Waals surface area contributed by atoms with Gasteiger partial charge in [0.1, 0.15) is 17.6 Å². The van der Waals surface area contributed by atoms with E-state index in [2.05, 4.69) is 5.32 Å². The van der Waals surface area contributed by atoms with Crippen molar-refractivity contribution in [1.29, 1.82) is 0 Å². The maximum absolute atomic E-state index is 13.2. The minimum Gasteiger partial charge on any atom is -0.484 e. The average molecular weight is 342 g/mol. The van der Waals surface area contributed by atoms with Gasteiger partial charge in [-0.1, -0.05) is 30.3 Å². The van der Waals surface area contributed by atoms with Gasteiger partial charge in [-0.15, -0.1) is 0 Å². The third-order valence-electron chi connectivity index (χ3n) is 4.28. The summed E-state index contributed by atoms with van der Waals surface area (Å²) in [7, 11) is 1.55. The molecule has 25 heavy (non-hydrogen) atoms. The molecule has 0 aromatic heterocycles. The molecule has 1 atom stereocenters. The average Bonchev–Trinajstić information content (AvgIpc) is 2.64. The number of carbonyl (C=O) groups is 2. The number of hydrogen-bond acceptors (Lipinski definition) is 3. The van der Waals surface area contributed by atoms with Crippen LogP contribution in [0.1, 0.15) is 11.1 Å². The van der Waals surface area contributed by atoms with Crippen LogP contribution >= 0.6 is 0 Å². The van der Waals surface area contributed by atoms with Crippen LogP contribution in [0.2, 0.25) is 0 Å². The lowest BCUT2D eigenvalue weighted by Crippen LogP contribution is -2.53. The van der Waals surface area contributed by atoms with E-state index in [1.54, 1.807) is 13.1 Å². The van der Waals surface area contributed by atoms with E-state index in [1.165, 1.54) is 23.1 Å². The summed E-state index contributed by atoms with van der Waals surface area (Å²) in [5, 5.41) is 2.61. The number of benzene rings is 2. The van der Waals surface area contributed by atoms with Crippen molar-refractivity contribution >= 4 is 11.8 Å². The highest BCUT2D eigenvalue weighted by Gasteiger charge is 2.34. The monoisotopic (exact) mass is 342 g/mol. The van der Waals surface area contributed by atoms with Crippen LogP contribution in [0.25, 0.3) is 0 Å². The van der Waals surface area contributed by atoms with Crippen molar-refractivity contribution in [2.45, 2.75) is 19.0 Å². The molecule has 0 radical (unpaired) electrons. The summed E-state index contributed by atoms with van der Waals surface area (Å²) in [5.74, 6) is -0.677. The van der Waals surface area contributed by atoms with Crippen molar-refractivity contribution in [2.24, 2.45) is 0 Å². The Labute approximate surface area is 145 Å². The Morgan fingerprint density at radius 2 is 1.96 bits per heavy atom. The van der Waals surface area contributed by atoms with Crippen molar-refractivity contribution in [3.05, 3.63) is 65.5 Å². The molecular weight excluding hydrogens is 323 g/mol. The number of nitrogens with one attached hydrogen (secondary N) is 1. The Morgan fingerprint density at radius 3 is 2.68 bits per heavy atom. The molecule has 1 aliphatic rings. The molecule has 6 heteroatoms. The third kappa shape index (κ3) is 3.79. The SMILES string of the molecule is CNC(=O)[C@@H]1Cc2ccccc2CN1C(=O)COc1cccc(F)c1. The van der Waals surface area contributed by atoms with Gasteiger partial charge in [-0.3, -0.25) is 9.59 Å². The summed E-state index contributed by atoms with van der Waals surface area (Å²) < 4.78 is 18.6. The summed E-state index contributed by atoms with van der Waals surface area (Å²) in [6.07, 6.45) is 0.460. The molecule has 2 aromatic rings. The molecule has 2 aromatic carbocycles. The predicted octanol–water partition coefficient (Wildman–Crippen LogP) is 1.90. The number of ether oxygens (including phenoxy) is 1.